The first-order chi connectivity index (χ1) is 11.1. The van der Waals surface area contributed by atoms with Crippen LogP contribution in [-0.2, 0) is 4.79 Å². The SMILES string of the molecule is CC1(C)CC(=O)NN1[C@@H](c1cccc2cc(Cl)ccc12)C(F)(F)F. The second-order valence-electron chi connectivity index (χ2n) is 6.55. The van der Waals surface area contributed by atoms with Crippen LogP contribution in [0.15, 0.2) is 36.4 Å². The van der Waals surface area contributed by atoms with Crippen molar-refractivity contribution in [1.82, 2.24) is 10.4 Å². The molecule has 1 heterocycles. The summed E-state index contributed by atoms with van der Waals surface area (Å²) in [5.74, 6) is -0.419. The Morgan fingerprint density at radius 2 is 1.96 bits per heavy atom. The minimum atomic E-state index is -4.55. The maximum atomic E-state index is 13.9. The smallest absolute Gasteiger partial charge is 0.287 e. The van der Waals surface area contributed by atoms with E-state index in [0.29, 0.717) is 15.8 Å². The lowest BCUT2D eigenvalue weighted by atomic mass is 9.94. The van der Waals surface area contributed by atoms with Gasteiger partial charge < -0.3 is 0 Å². The number of nitrogens with zero attached hydrogens (tertiary/aromatic N) is 1. The van der Waals surface area contributed by atoms with E-state index in [4.69, 9.17) is 11.6 Å². The highest BCUT2D eigenvalue weighted by molar-refractivity contribution is 6.31. The van der Waals surface area contributed by atoms with Crippen LogP contribution in [0, 0.1) is 0 Å². The lowest BCUT2D eigenvalue weighted by molar-refractivity contribution is -0.203. The number of amides is 1. The van der Waals surface area contributed by atoms with Crippen molar-refractivity contribution < 1.29 is 18.0 Å². The number of rotatable bonds is 2. The number of carbonyl (C=O) groups is 1. The van der Waals surface area contributed by atoms with Crippen LogP contribution in [0.4, 0.5) is 13.2 Å². The minimum absolute atomic E-state index is 0.0101. The molecule has 0 spiro atoms. The maximum Gasteiger partial charge on any atom is 0.409 e. The van der Waals surface area contributed by atoms with E-state index in [1.807, 2.05) is 0 Å². The topological polar surface area (TPSA) is 32.3 Å². The molecule has 0 aromatic heterocycles. The lowest BCUT2D eigenvalue weighted by Crippen LogP contribution is -2.51. The fourth-order valence-corrected chi connectivity index (χ4v) is 3.38. The first-order valence-electron chi connectivity index (χ1n) is 7.43. The van der Waals surface area contributed by atoms with Gasteiger partial charge in [-0.05, 0) is 42.3 Å². The van der Waals surface area contributed by atoms with Gasteiger partial charge in [0.15, 0.2) is 6.04 Å². The van der Waals surface area contributed by atoms with Gasteiger partial charge in [0.1, 0.15) is 0 Å². The fraction of sp³-hybridized carbons (Fsp3) is 0.353. The van der Waals surface area contributed by atoms with Gasteiger partial charge in [-0.2, -0.15) is 18.2 Å². The van der Waals surface area contributed by atoms with Crippen LogP contribution in [-0.4, -0.2) is 22.6 Å². The van der Waals surface area contributed by atoms with Gasteiger partial charge >= 0.3 is 6.18 Å². The van der Waals surface area contributed by atoms with Crippen molar-refractivity contribution in [3.05, 3.63) is 47.0 Å². The zero-order chi connectivity index (χ0) is 17.7. The predicted octanol–water partition coefficient (Wildman–Crippen LogP) is 4.61. The van der Waals surface area contributed by atoms with Gasteiger partial charge in [-0.15, -0.1) is 0 Å². The third-order valence-electron chi connectivity index (χ3n) is 4.23. The molecule has 0 saturated carbocycles. The molecule has 128 valence electrons. The van der Waals surface area contributed by atoms with E-state index in [9.17, 15) is 18.0 Å². The van der Waals surface area contributed by atoms with Crippen molar-refractivity contribution in [2.75, 3.05) is 0 Å². The summed E-state index contributed by atoms with van der Waals surface area (Å²) in [5, 5.41) is 2.55. The summed E-state index contributed by atoms with van der Waals surface area (Å²) in [6.07, 6.45) is -4.54. The van der Waals surface area contributed by atoms with Gasteiger partial charge in [0.05, 0.1) is 0 Å². The molecule has 0 radical (unpaired) electrons. The summed E-state index contributed by atoms with van der Waals surface area (Å²) in [5.41, 5.74) is 1.51. The highest BCUT2D eigenvalue weighted by Gasteiger charge is 2.53. The van der Waals surface area contributed by atoms with Crippen LogP contribution in [0.3, 0.4) is 0 Å². The Morgan fingerprint density at radius 1 is 1.25 bits per heavy atom. The third kappa shape index (κ3) is 2.96. The van der Waals surface area contributed by atoms with E-state index < -0.39 is 23.7 Å². The quantitative estimate of drug-likeness (QED) is 0.852. The number of alkyl halides is 3. The zero-order valence-electron chi connectivity index (χ0n) is 13.1. The van der Waals surface area contributed by atoms with Crippen molar-refractivity contribution in [2.24, 2.45) is 0 Å². The molecule has 1 aliphatic rings. The van der Waals surface area contributed by atoms with Crippen LogP contribution in [0.5, 0.6) is 0 Å². The average Bonchev–Trinajstić information content (AvgIpc) is 2.70. The average molecular weight is 357 g/mol. The van der Waals surface area contributed by atoms with E-state index in [-0.39, 0.29) is 12.0 Å². The first kappa shape index (κ1) is 17.0. The largest absolute Gasteiger partial charge is 0.409 e. The Morgan fingerprint density at radius 3 is 2.54 bits per heavy atom. The van der Waals surface area contributed by atoms with Gasteiger partial charge in [-0.3, -0.25) is 10.2 Å². The van der Waals surface area contributed by atoms with E-state index >= 15 is 0 Å². The number of nitrogens with one attached hydrogen (secondary N) is 1. The Bertz CT molecular complexity index is 804. The van der Waals surface area contributed by atoms with Crippen molar-refractivity contribution in [3.63, 3.8) is 0 Å². The van der Waals surface area contributed by atoms with E-state index in [1.165, 1.54) is 6.07 Å². The van der Waals surface area contributed by atoms with Gasteiger partial charge in [-0.1, -0.05) is 35.9 Å². The maximum absolute atomic E-state index is 13.9. The number of halogens is 4. The molecule has 0 unspecified atom stereocenters. The van der Waals surface area contributed by atoms with Crippen LogP contribution >= 0.6 is 11.6 Å². The summed E-state index contributed by atoms with van der Waals surface area (Å²) >= 11 is 5.94. The summed E-state index contributed by atoms with van der Waals surface area (Å²) in [6, 6.07) is 7.55. The molecule has 0 bridgehead atoms. The number of carbonyl (C=O) groups excluding carboxylic acids is 1. The molecule has 1 N–H and O–H groups in total. The van der Waals surface area contributed by atoms with Crippen LogP contribution in [0.25, 0.3) is 10.8 Å². The summed E-state index contributed by atoms with van der Waals surface area (Å²) < 4.78 is 41.7. The third-order valence-corrected chi connectivity index (χ3v) is 4.46. The number of hydrogen-bond acceptors (Lipinski definition) is 2. The lowest BCUT2D eigenvalue weighted by Gasteiger charge is -2.38. The molecule has 0 aliphatic carbocycles. The van der Waals surface area contributed by atoms with Crippen molar-refractivity contribution >= 4 is 28.3 Å². The molecule has 2 aromatic carbocycles. The molecular formula is C17H16ClF3N2O. The van der Waals surface area contributed by atoms with Gasteiger partial charge in [0, 0.05) is 17.0 Å². The molecule has 3 rings (SSSR count). The molecule has 1 amide bonds. The highest BCUT2D eigenvalue weighted by Crippen LogP contribution is 2.44. The van der Waals surface area contributed by atoms with E-state index in [2.05, 4.69) is 5.43 Å². The molecule has 7 heteroatoms. The van der Waals surface area contributed by atoms with Crippen molar-refractivity contribution in [1.29, 1.82) is 0 Å². The highest BCUT2D eigenvalue weighted by atomic mass is 35.5. The van der Waals surface area contributed by atoms with Gasteiger partial charge in [-0.25, -0.2) is 0 Å². The predicted molar refractivity (Wildman–Crippen MR) is 86.4 cm³/mol. The second-order valence-corrected chi connectivity index (χ2v) is 6.99. The van der Waals surface area contributed by atoms with E-state index in [0.717, 1.165) is 5.01 Å². The van der Waals surface area contributed by atoms with Crippen LogP contribution < -0.4 is 5.43 Å². The number of fused-ring (bicyclic) bond motifs is 1. The molecule has 1 atom stereocenters. The van der Waals surface area contributed by atoms with Gasteiger partial charge in [0.25, 0.3) is 0 Å². The van der Waals surface area contributed by atoms with Crippen molar-refractivity contribution in [2.45, 2.75) is 38.0 Å². The van der Waals surface area contributed by atoms with Crippen LogP contribution in [0.2, 0.25) is 5.02 Å². The molecular weight excluding hydrogens is 341 g/mol. The fourth-order valence-electron chi connectivity index (χ4n) is 3.20. The van der Waals surface area contributed by atoms with Crippen LogP contribution in [0.1, 0.15) is 31.9 Å². The molecule has 1 fully saturated rings. The Labute approximate surface area is 142 Å². The molecule has 24 heavy (non-hydrogen) atoms. The molecule has 1 saturated heterocycles. The molecule has 3 nitrogen and oxygen atoms in total. The first-order valence-corrected chi connectivity index (χ1v) is 7.81. The molecule has 2 aromatic rings. The summed E-state index contributed by atoms with van der Waals surface area (Å²) in [6.45, 7) is 3.23. The number of benzene rings is 2. The normalized spacial score (nSPS) is 19.5. The second kappa shape index (κ2) is 5.63. The Kier molecular flexibility index (Phi) is 4.00. The number of hydrogen-bond donors (Lipinski definition) is 1. The zero-order valence-corrected chi connectivity index (χ0v) is 13.9. The molecule has 1 aliphatic heterocycles. The number of hydrazine groups is 1. The van der Waals surface area contributed by atoms with Gasteiger partial charge in [0.2, 0.25) is 5.91 Å². The summed E-state index contributed by atoms with van der Waals surface area (Å²) in [4.78, 5) is 11.7. The summed E-state index contributed by atoms with van der Waals surface area (Å²) in [7, 11) is 0. The van der Waals surface area contributed by atoms with Crippen molar-refractivity contribution in [3.8, 4) is 0 Å². The Balaban J connectivity index is 2.20. The van der Waals surface area contributed by atoms with E-state index in [1.54, 1.807) is 44.2 Å². The standard InChI is InChI=1S/C17H16ClF3N2O/c1-16(2)9-14(24)22-23(16)15(17(19,20)21)13-5-3-4-10-8-11(18)6-7-12(10)13/h3-8,15H,9H2,1-2H3,(H,22,24)/t15-/m0/s1. The monoisotopic (exact) mass is 356 g/mol. The Hall–Kier alpha value is -1.79. The minimum Gasteiger partial charge on any atom is -0.287 e.